The maximum atomic E-state index is 4.58. The average molecular weight is 262 g/mol. The first-order valence-electron chi connectivity index (χ1n) is 7.60. The van der Waals surface area contributed by atoms with Gasteiger partial charge in [-0.2, -0.15) is 0 Å². The van der Waals surface area contributed by atoms with Crippen LogP contribution in [0.25, 0.3) is 0 Å². The molecule has 1 aliphatic rings. The van der Waals surface area contributed by atoms with Crippen molar-refractivity contribution in [3.63, 3.8) is 0 Å². The quantitative estimate of drug-likeness (QED) is 0.695. The molecule has 0 unspecified atom stereocenters. The molecule has 1 aliphatic carbocycles. The smallest absolute Gasteiger partial charge is 0.147 e. The lowest BCUT2D eigenvalue weighted by Crippen LogP contribution is -2.27. The zero-order valence-corrected chi connectivity index (χ0v) is 12.2. The first-order chi connectivity index (χ1) is 9.33. The highest BCUT2D eigenvalue weighted by Crippen LogP contribution is 2.30. The summed E-state index contributed by atoms with van der Waals surface area (Å²) in [6, 6.07) is 0. The van der Waals surface area contributed by atoms with Crippen LogP contribution in [0.1, 0.15) is 45.2 Å². The Bertz CT molecular complexity index is 359. The van der Waals surface area contributed by atoms with E-state index < -0.39 is 0 Å². The minimum Gasteiger partial charge on any atom is -0.355 e. The van der Waals surface area contributed by atoms with Gasteiger partial charge in [0.2, 0.25) is 0 Å². The molecule has 0 spiro atoms. The number of aromatic nitrogens is 2. The first kappa shape index (κ1) is 14.3. The Balaban J connectivity index is 1.90. The molecule has 1 aromatic rings. The molecule has 1 saturated carbocycles. The summed E-state index contributed by atoms with van der Waals surface area (Å²) in [6.45, 7) is 8.47. The standard InChI is InChI=1S/C15H26N4/c1-3-7-16-9-14-10-18-15(11-17-14)19(8-4-2)12-13-5-6-13/h10-11,13,16H,3-9,12H2,1-2H3. The van der Waals surface area contributed by atoms with Crippen LogP contribution >= 0.6 is 0 Å². The van der Waals surface area contributed by atoms with E-state index in [-0.39, 0.29) is 0 Å². The van der Waals surface area contributed by atoms with Crippen molar-refractivity contribution in [1.82, 2.24) is 15.3 Å². The van der Waals surface area contributed by atoms with Gasteiger partial charge in [0.1, 0.15) is 5.82 Å². The zero-order chi connectivity index (χ0) is 13.5. The number of nitrogens with zero attached hydrogens (tertiary/aromatic N) is 3. The lowest BCUT2D eigenvalue weighted by molar-refractivity contribution is 0.658. The van der Waals surface area contributed by atoms with Crippen LogP contribution in [0.15, 0.2) is 12.4 Å². The number of nitrogens with one attached hydrogen (secondary N) is 1. The van der Waals surface area contributed by atoms with Crippen molar-refractivity contribution >= 4 is 5.82 Å². The van der Waals surface area contributed by atoms with E-state index in [9.17, 15) is 0 Å². The van der Waals surface area contributed by atoms with Gasteiger partial charge in [0.25, 0.3) is 0 Å². The van der Waals surface area contributed by atoms with Crippen molar-refractivity contribution in [2.75, 3.05) is 24.5 Å². The van der Waals surface area contributed by atoms with E-state index in [0.29, 0.717) is 0 Å². The normalized spacial score (nSPS) is 14.6. The molecule has 0 saturated heterocycles. The molecule has 0 atom stereocenters. The predicted octanol–water partition coefficient (Wildman–Crippen LogP) is 2.60. The molecular weight excluding hydrogens is 236 g/mol. The molecule has 4 nitrogen and oxygen atoms in total. The van der Waals surface area contributed by atoms with Crippen molar-refractivity contribution in [3.8, 4) is 0 Å². The molecule has 1 heterocycles. The molecule has 2 rings (SSSR count). The summed E-state index contributed by atoms with van der Waals surface area (Å²) in [5.41, 5.74) is 1.03. The second-order valence-corrected chi connectivity index (χ2v) is 5.43. The Morgan fingerprint density at radius 1 is 1.21 bits per heavy atom. The molecule has 0 aromatic carbocycles. The molecule has 1 aromatic heterocycles. The zero-order valence-electron chi connectivity index (χ0n) is 12.2. The lowest BCUT2D eigenvalue weighted by Gasteiger charge is -2.22. The van der Waals surface area contributed by atoms with Gasteiger partial charge in [-0.15, -0.1) is 0 Å². The predicted molar refractivity (Wildman–Crippen MR) is 79.3 cm³/mol. The Hall–Kier alpha value is -1.16. The van der Waals surface area contributed by atoms with Crippen molar-refractivity contribution in [1.29, 1.82) is 0 Å². The summed E-state index contributed by atoms with van der Waals surface area (Å²) < 4.78 is 0. The van der Waals surface area contributed by atoms with Crippen LogP contribution in [-0.2, 0) is 6.54 Å². The molecule has 4 heteroatoms. The monoisotopic (exact) mass is 262 g/mol. The van der Waals surface area contributed by atoms with Gasteiger partial charge in [0.05, 0.1) is 18.1 Å². The Kier molecular flexibility index (Phi) is 5.58. The Morgan fingerprint density at radius 3 is 2.63 bits per heavy atom. The summed E-state index contributed by atoms with van der Waals surface area (Å²) in [4.78, 5) is 11.5. The second-order valence-electron chi connectivity index (χ2n) is 5.43. The molecule has 0 amide bonds. The first-order valence-corrected chi connectivity index (χ1v) is 7.60. The van der Waals surface area contributed by atoms with E-state index in [0.717, 1.165) is 56.5 Å². The maximum absolute atomic E-state index is 4.58. The van der Waals surface area contributed by atoms with E-state index in [2.05, 4.69) is 34.0 Å². The SMILES string of the molecule is CCCNCc1cnc(N(CCC)CC2CC2)cn1. The average Bonchev–Trinajstić information content (AvgIpc) is 3.23. The van der Waals surface area contributed by atoms with Crippen molar-refractivity contribution in [2.45, 2.75) is 46.1 Å². The van der Waals surface area contributed by atoms with Crippen LogP contribution in [0.5, 0.6) is 0 Å². The topological polar surface area (TPSA) is 41.1 Å². The minimum absolute atomic E-state index is 0.817. The van der Waals surface area contributed by atoms with Gasteiger partial charge in [-0.25, -0.2) is 4.98 Å². The molecule has 106 valence electrons. The summed E-state index contributed by atoms with van der Waals surface area (Å²) in [5.74, 6) is 1.92. The largest absolute Gasteiger partial charge is 0.355 e. The van der Waals surface area contributed by atoms with E-state index in [1.54, 1.807) is 0 Å². The van der Waals surface area contributed by atoms with Gasteiger partial charge < -0.3 is 10.2 Å². The fourth-order valence-electron chi connectivity index (χ4n) is 2.18. The summed E-state index contributed by atoms with van der Waals surface area (Å²) >= 11 is 0. The van der Waals surface area contributed by atoms with Crippen LogP contribution in [0.4, 0.5) is 5.82 Å². The molecule has 0 aliphatic heterocycles. The maximum Gasteiger partial charge on any atom is 0.147 e. The molecular formula is C15H26N4. The van der Waals surface area contributed by atoms with Crippen LogP contribution < -0.4 is 10.2 Å². The minimum atomic E-state index is 0.817. The van der Waals surface area contributed by atoms with E-state index in [1.807, 2.05) is 12.4 Å². The number of hydrogen-bond donors (Lipinski definition) is 1. The number of rotatable bonds is 9. The molecule has 1 N–H and O–H groups in total. The summed E-state index contributed by atoms with van der Waals surface area (Å²) in [7, 11) is 0. The van der Waals surface area contributed by atoms with E-state index in [1.165, 1.54) is 12.8 Å². The van der Waals surface area contributed by atoms with Crippen LogP contribution in [0.2, 0.25) is 0 Å². The second kappa shape index (κ2) is 7.43. The highest BCUT2D eigenvalue weighted by Gasteiger charge is 2.24. The third-order valence-electron chi connectivity index (χ3n) is 3.42. The van der Waals surface area contributed by atoms with E-state index in [4.69, 9.17) is 0 Å². The van der Waals surface area contributed by atoms with Gasteiger partial charge >= 0.3 is 0 Å². The van der Waals surface area contributed by atoms with Crippen LogP contribution in [0.3, 0.4) is 0 Å². The van der Waals surface area contributed by atoms with Gasteiger partial charge in [0.15, 0.2) is 0 Å². The summed E-state index contributed by atoms with van der Waals surface area (Å²) in [6.07, 6.45) is 8.92. The molecule has 19 heavy (non-hydrogen) atoms. The van der Waals surface area contributed by atoms with Crippen molar-refractivity contribution < 1.29 is 0 Å². The van der Waals surface area contributed by atoms with Gasteiger partial charge in [-0.1, -0.05) is 13.8 Å². The molecule has 0 bridgehead atoms. The molecule has 1 fully saturated rings. The van der Waals surface area contributed by atoms with Gasteiger partial charge in [-0.05, 0) is 38.1 Å². The fourth-order valence-corrected chi connectivity index (χ4v) is 2.18. The van der Waals surface area contributed by atoms with Gasteiger partial charge in [0, 0.05) is 19.6 Å². The summed E-state index contributed by atoms with van der Waals surface area (Å²) in [5, 5.41) is 3.35. The van der Waals surface area contributed by atoms with Crippen molar-refractivity contribution in [2.24, 2.45) is 5.92 Å². The highest BCUT2D eigenvalue weighted by molar-refractivity contribution is 5.36. The van der Waals surface area contributed by atoms with Gasteiger partial charge in [-0.3, -0.25) is 4.98 Å². The molecule has 0 radical (unpaired) electrons. The lowest BCUT2D eigenvalue weighted by atomic mass is 10.3. The fraction of sp³-hybridized carbons (Fsp3) is 0.733. The Morgan fingerprint density at radius 2 is 2.05 bits per heavy atom. The Labute approximate surface area is 116 Å². The van der Waals surface area contributed by atoms with Crippen LogP contribution in [0, 0.1) is 5.92 Å². The van der Waals surface area contributed by atoms with Crippen molar-refractivity contribution in [3.05, 3.63) is 18.1 Å². The highest BCUT2D eigenvalue weighted by atomic mass is 15.2. The third-order valence-corrected chi connectivity index (χ3v) is 3.42. The van der Waals surface area contributed by atoms with Crippen LogP contribution in [-0.4, -0.2) is 29.6 Å². The number of anilines is 1. The number of hydrogen-bond acceptors (Lipinski definition) is 4. The van der Waals surface area contributed by atoms with E-state index >= 15 is 0 Å². The third kappa shape index (κ3) is 4.78.